The zero-order valence-corrected chi connectivity index (χ0v) is 14.3. The van der Waals surface area contributed by atoms with Crippen LogP contribution in [0.25, 0.3) is 0 Å². The summed E-state index contributed by atoms with van der Waals surface area (Å²) in [5.74, 6) is 0.403. The number of hydrogen-bond acceptors (Lipinski definition) is 4. The van der Waals surface area contributed by atoms with E-state index in [2.05, 4.69) is 17.2 Å². The van der Waals surface area contributed by atoms with Crippen molar-refractivity contribution in [3.05, 3.63) is 51.6 Å². The molecule has 3 rings (SSSR count). The van der Waals surface area contributed by atoms with Crippen molar-refractivity contribution in [3.63, 3.8) is 0 Å². The monoisotopic (exact) mass is 347 g/mol. The molecule has 1 aromatic heterocycles. The quantitative estimate of drug-likeness (QED) is 0.682. The number of anilines is 1. The first-order chi connectivity index (χ1) is 11.5. The third kappa shape index (κ3) is 3.08. The van der Waals surface area contributed by atoms with Gasteiger partial charge in [-0.3, -0.25) is 9.59 Å². The predicted molar refractivity (Wildman–Crippen MR) is 92.0 cm³/mol. The molecule has 0 spiro atoms. The van der Waals surface area contributed by atoms with Crippen LogP contribution in [0.1, 0.15) is 36.8 Å². The molecule has 126 valence electrons. The minimum Gasteiger partial charge on any atom is -0.312 e. The zero-order valence-electron chi connectivity index (χ0n) is 13.5. The number of nitrogens with zero attached hydrogens (tertiary/aromatic N) is 2. The first-order valence-corrected chi connectivity index (χ1v) is 8.78. The third-order valence-electron chi connectivity index (χ3n) is 4.01. The van der Waals surface area contributed by atoms with Gasteiger partial charge in [-0.25, -0.2) is 4.39 Å². The van der Waals surface area contributed by atoms with E-state index in [0.29, 0.717) is 16.5 Å². The molecule has 0 saturated heterocycles. The number of benzene rings is 1. The fraction of sp³-hybridized carbons (Fsp3) is 0.353. The van der Waals surface area contributed by atoms with Crippen molar-refractivity contribution < 1.29 is 9.18 Å². The highest BCUT2D eigenvalue weighted by atomic mass is 32.2. The smallest absolute Gasteiger partial charge is 0.279 e. The average Bonchev–Trinajstić information content (AvgIpc) is 2.56. The van der Waals surface area contributed by atoms with Gasteiger partial charge in [0.2, 0.25) is 5.91 Å². The van der Waals surface area contributed by atoms with Gasteiger partial charge in [0.15, 0.2) is 5.16 Å². The highest BCUT2D eigenvalue weighted by molar-refractivity contribution is 7.99. The van der Waals surface area contributed by atoms with Crippen molar-refractivity contribution in [2.24, 2.45) is 7.05 Å². The summed E-state index contributed by atoms with van der Waals surface area (Å²) < 4.78 is 14.9. The van der Waals surface area contributed by atoms with E-state index in [9.17, 15) is 14.0 Å². The Labute approximate surface area is 143 Å². The van der Waals surface area contributed by atoms with Crippen LogP contribution >= 0.6 is 11.8 Å². The summed E-state index contributed by atoms with van der Waals surface area (Å²) in [6, 6.07) is 5.90. The lowest BCUT2D eigenvalue weighted by molar-refractivity contribution is -0.116. The Kier molecular flexibility index (Phi) is 4.71. The van der Waals surface area contributed by atoms with Crippen molar-refractivity contribution in [1.82, 2.24) is 9.55 Å². The summed E-state index contributed by atoms with van der Waals surface area (Å²) >= 11 is 1.49. The van der Waals surface area contributed by atoms with Gasteiger partial charge < -0.3 is 9.88 Å². The van der Waals surface area contributed by atoms with Crippen molar-refractivity contribution >= 4 is 23.5 Å². The molecule has 1 aliphatic rings. The molecule has 1 aliphatic heterocycles. The Balaban J connectivity index is 2.12. The van der Waals surface area contributed by atoms with E-state index in [1.165, 1.54) is 23.9 Å². The van der Waals surface area contributed by atoms with Crippen LogP contribution in [-0.2, 0) is 11.8 Å². The number of rotatable bonds is 4. The average molecular weight is 347 g/mol. The molecule has 0 aliphatic carbocycles. The van der Waals surface area contributed by atoms with Crippen molar-refractivity contribution in [2.75, 3.05) is 11.1 Å². The van der Waals surface area contributed by atoms with Gasteiger partial charge >= 0.3 is 0 Å². The fourth-order valence-electron chi connectivity index (χ4n) is 2.84. The van der Waals surface area contributed by atoms with Crippen LogP contribution < -0.4 is 10.9 Å². The molecule has 7 heteroatoms. The van der Waals surface area contributed by atoms with E-state index < -0.39 is 5.92 Å². The van der Waals surface area contributed by atoms with Gasteiger partial charge in [-0.1, -0.05) is 30.8 Å². The van der Waals surface area contributed by atoms with Crippen molar-refractivity contribution in [1.29, 1.82) is 0 Å². The number of amides is 1. The maximum absolute atomic E-state index is 13.2. The van der Waals surface area contributed by atoms with Crippen LogP contribution in [0.2, 0.25) is 0 Å². The van der Waals surface area contributed by atoms with Gasteiger partial charge in [0.1, 0.15) is 11.6 Å². The summed E-state index contributed by atoms with van der Waals surface area (Å²) in [5, 5.41) is 3.38. The Bertz CT molecular complexity index is 833. The van der Waals surface area contributed by atoms with Crippen LogP contribution in [0.5, 0.6) is 0 Å². The highest BCUT2D eigenvalue weighted by Crippen LogP contribution is 2.35. The van der Waals surface area contributed by atoms with Gasteiger partial charge in [-0.05, 0) is 24.1 Å². The summed E-state index contributed by atoms with van der Waals surface area (Å²) in [6.45, 7) is 2.05. The first kappa shape index (κ1) is 16.7. The number of fused-ring (bicyclic) bond motifs is 1. The molecule has 1 N–H and O–H groups in total. The molecule has 0 fully saturated rings. The number of carbonyl (C=O) groups excluding carboxylic acids is 1. The lowest BCUT2D eigenvalue weighted by Crippen LogP contribution is -2.33. The zero-order chi connectivity index (χ0) is 17.3. The maximum atomic E-state index is 13.2. The first-order valence-electron chi connectivity index (χ1n) is 7.80. The van der Waals surface area contributed by atoms with Gasteiger partial charge in [0, 0.05) is 25.1 Å². The number of hydrogen-bond donors (Lipinski definition) is 1. The molecule has 0 radical (unpaired) electrons. The Hall–Kier alpha value is -2.15. The lowest BCUT2D eigenvalue weighted by atomic mass is 9.87. The van der Waals surface area contributed by atoms with E-state index in [0.717, 1.165) is 17.7 Å². The van der Waals surface area contributed by atoms with Gasteiger partial charge in [-0.15, -0.1) is 0 Å². The normalized spacial score (nSPS) is 16.6. The summed E-state index contributed by atoms with van der Waals surface area (Å²) in [5.41, 5.74) is 0.862. The van der Waals surface area contributed by atoms with E-state index in [1.807, 2.05) is 0 Å². The highest BCUT2D eigenvalue weighted by Gasteiger charge is 2.32. The van der Waals surface area contributed by atoms with E-state index in [4.69, 9.17) is 0 Å². The van der Waals surface area contributed by atoms with E-state index >= 15 is 0 Å². The van der Waals surface area contributed by atoms with E-state index in [1.54, 1.807) is 23.7 Å². The molecule has 5 nitrogen and oxygen atoms in total. The Morgan fingerprint density at radius 3 is 2.71 bits per heavy atom. The van der Waals surface area contributed by atoms with Crippen LogP contribution in [-0.4, -0.2) is 21.2 Å². The minimum absolute atomic E-state index is 0.150. The lowest BCUT2D eigenvalue weighted by Gasteiger charge is -2.27. The second kappa shape index (κ2) is 6.76. The Morgan fingerprint density at radius 2 is 2.04 bits per heavy atom. The number of halogens is 1. The second-order valence-electron chi connectivity index (χ2n) is 5.73. The number of nitrogens with one attached hydrogen (secondary N) is 1. The maximum Gasteiger partial charge on any atom is 0.279 e. The largest absolute Gasteiger partial charge is 0.312 e. The molecule has 2 heterocycles. The SMILES string of the molecule is CCCSc1nc(=O)c2c(n1C)NC(=O)C[C@H]2c1ccc(F)cc1. The standard InChI is InChI=1S/C17H18FN3O2S/c1-3-8-24-17-20-16(23)14-12(10-4-6-11(18)7-5-10)9-13(22)19-15(14)21(17)2/h4-7,12H,3,8-9H2,1-2H3,(H,19,22)/t12-/m0/s1. The van der Waals surface area contributed by atoms with Gasteiger partial charge in [-0.2, -0.15) is 4.98 Å². The molecule has 2 aromatic rings. The topological polar surface area (TPSA) is 64.0 Å². The van der Waals surface area contributed by atoms with E-state index in [-0.39, 0.29) is 23.7 Å². The van der Waals surface area contributed by atoms with Crippen molar-refractivity contribution in [2.45, 2.75) is 30.8 Å². The third-order valence-corrected chi connectivity index (χ3v) is 5.24. The van der Waals surface area contributed by atoms with Crippen LogP contribution in [0.15, 0.2) is 34.2 Å². The molecule has 24 heavy (non-hydrogen) atoms. The van der Waals surface area contributed by atoms with Gasteiger partial charge in [0.05, 0.1) is 5.56 Å². The summed E-state index contributed by atoms with van der Waals surface area (Å²) in [7, 11) is 1.79. The second-order valence-corrected chi connectivity index (χ2v) is 6.79. The summed E-state index contributed by atoms with van der Waals surface area (Å²) in [6.07, 6.45) is 1.11. The van der Waals surface area contributed by atoms with Crippen LogP contribution in [0.4, 0.5) is 10.2 Å². The fourth-order valence-corrected chi connectivity index (χ4v) is 3.66. The predicted octanol–water partition coefficient (Wildman–Crippen LogP) is 2.90. The van der Waals surface area contributed by atoms with Gasteiger partial charge in [0.25, 0.3) is 5.56 Å². The molecular formula is C17H18FN3O2S. The molecule has 1 amide bonds. The Morgan fingerprint density at radius 1 is 1.33 bits per heavy atom. The van der Waals surface area contributed by atoms with Crippen molar-refractivity contribution in [3.8, 4) is 0 Å². The number of carbonyl (C=O) groups is 1. The molecule has 1 aromatic carbocycles. The molecule has 0 unspecified atom stereocenters. The number of thioether (sulfide) groups is 1. The molecule has 1 atom stereocenters. The molecular weight excluding hydrogens is 329 g/mol. The number of aromatic nitrogens is 2. The molecule has 0 saturated carbocycles. The summed E-state index contributed by atoms with van der Waals surface area (Å²) in [4.78, 5) is 28.9. The van der Waals surface area contributed by atoms with Crippen LogP contribution in [0.3, 0.4) is 0 Å². The minimum atomic E-state index is -0.411. The van der Waals surface area contributed by atoms with Crippen LogP contribution in [0, 0.1) is 5.82 Å². The molecule has 0 bridgehead atoms.